The predicted molar refractivity (Wildman–Crippen MR) is 101 cm³/mol. The molecule has 0 atom stereocenters. The summed E-state index contributed by atoms with van der Waals surface area (Å²) in [6.45, 7) is 4.91. The molecule has 1 aliphatic heterocycles. The molecule has 3 heteroatoms. The van der Waals surface area contributed by atoms with Gasteiger partial charge in [0.25, 0.3) is 0 Å². The van der Waals surface area contributed by atoms with Crippen LogP contribution in [0.1, 0.15) is 28.1 Å². The van der Waals surface area contributed by atoms with E-state index < -0.39 is 0 Å². The Morgan fingerprint density at radius 2 is 1.96 bits per heavy atom. The highest BCUT2D eigenvalue weighted by molar-refractivity contribution is 6.17. The van der Waals surface area contributed by atoms with Crippen molar-refractivity contribution in [3.8, 4) is 5.69 Å². The van der Waals surface area contributed by atoms with Crippen LogP contribution in [0, 0.1) is 13.8 Å². The first-order chi connectivity index (χ1) is 12.2. The molecule has 0 aliphatic carbocycles. The standard InChI is InChI=1S/C22H18N2O/c1-14-8-9-16-13-25-22(17(16)11-14)21-20-7-4-10-24(20)19-6-3-5-15(2)18(19)12-23-21/h3-11,13H,12H2,1-2H3. The Balaban J connectivity index is 1.78. The quantitative estimate of drug-likeness (QED) is 0.473. The number of nitrogens with zero attached hydrogens (tertiary/aromatic N) is 2. The summed E-state index contributed by atoms with van der Waals surface area (Å²) in [4.78, 5) is 4.96. The number of fused-ring (bicyclic) bond motifs is 4. The van der Waals surface area contributed by atoms with Gasteiger partial charge in [-0.05, 0) is 43.7 Å². The van der Waals surface area contributed by atoms with Crippen LogP contribution < -0.4 is 0 Å². The Hall–Kier alpha value is -3.07. The number of furan rings is 1. The number of aliphatic imine (C=N–C) groups is 1. The van der Waals surface area contributed by atoms with Crippen molar-refractivity contribution in [3.63, 3.8) is 0 Å². The molecular formula is C22H18N2O. The van der Waals surface area contributed by atoms with Crippen molar-refractivity contribution in [2.75, 3.05) is 0 Å². The number of hydrogen-bond donors (Lipinski definition) is 0. The molecule has 2 aromatic carbocycles. The van der Waals surface area contributed by atoms with Crippen molar-refractivity contribution in [3.05, 3.63) is 89.1 Å². The Morgan fingerprint density at radius 1 is 1.04 bits per heavy atom. The minimum atomic E-state index is 0.660. The van der Waals surface area contributed by atoms with Crippen molar-refractivity contribution in [2.24, 2.45) is 4.99 Å². The summed E-state index contributed by atoms with van der Waals surface area (Å²) in [5, 5.41) is 2.23. The van der Waals surface area contributed by atoms with Gasteiger partial charge in [-0.2, -0.15) is 0 Å². The zero-order valence-corrected chi connectivity index (χ0v) is 14.3. The average molecular weight is 326 g/mol. The zero-order chi connectivity index (χ0) is 17.0. The first kappa shape index (κ1) is 14.3. The molecule has 0 unspecified atom stereocenters. The molecule has 0 amide bonds. The molecule has 0 N–H and O–H groups in total. The van der Waals surface area contributed by atoms with E-state index in [1.807, 2.05) is 6.26 Å². The van der Waals surface area contributed by atoms with E-state index in [1.165, 1.54) is 22.4 Å². The largest absolute Gasteiger partial charge is 0.461 e. The minimum absolute atomic E-state index is 0.660. The maximum Gasteiger partial charge on any atom is 0.161 e. The molecule has 3 nitrogen and oxygen atoms in total. The molecule has 1 aliphatic rings. The van der Waals surface area contributed by atoms with Gasteiger partial charge in [-0.3, -0.25) is 4.99 Å². The summed E-state index contributed by atoms with van der Waals surface area (Å²) in [5.41, 5.74) is 6.94. The van der Waals surface area contributed by atoms with Crippen molar-refractivity contribution >= 4 is 16.5 Å². The van der Waals surface area contributed by atoms with E-state index in [-0.39, 0.29) is 0 Å². The molecule has 0 fully saturated rings. The van der Waals surface area contributed by atoms with Crippen LogP contribution in [0.15, 0.2) is 70.4 Å². The molecule has 122 valence electrons. The Labute approximate surface area is 146 Å². The molecule has 2 aromatic heterocycles. The Morgan fingerprint density at radius 3 is 2.88 bits per heavy atom. The summed E-state index contributed by atoms with van der Waals surface area (Å²) in [6.07, 6.45) is 3.92. The normalized spacial score (nSPS) is 13.3. The third kappa shape index (κ3) is 2.09. The fourth-order valence-corrected chi connectivity index (χ4v) is 3.67. The number of hydrogen-bond acceptors (Lipinski definition) is 2. The van der Waals surface area contributed by atoms with Gasteiger partial charge in [0.1, 0.15) is 5.71 Å². The number of aromatic nitrogens is 1. The smallest absolute Gasteiger partial charge is 0.161 e. The fourth-order valence-electron chi connectivity index (χ4n) is 3.67. The second-order valence-electron chi connectivity index (χ2n) is 6.66. The van der Waals surface area contributed by atoms with Crippen LogP contribution in [0.2, 0.25) is 0 Å². The summed E-state index contributed by atoms with van der Waals surface area (Å²) < 4.78 is 8.20. The highest BCUT2D eigenvalue weighted by atomic mass is 16.3. The summed E-state index contributed by atoms with van der Waals surface area (Å²) in [7, 11) is 0. The lowest BCUT2D eigenvalue weighted by Crippen LogP contribution is -2.08. The summed E-state index contributed by atoms with van der Waals surface area (Å²) in [6, 6.07) is 17.0. The molecule has 4 aromatic rings. The van der Waals surface area contributed by atoms with E-state index >= 15 is 0 Å². The first-order valence-corrected chi connectivity index (χ1v) is 8.51. The van der Waals surface area contributed by atoms with Gasteiger partial charge in [0.05, 0.1) is 24.2 Å². The van der Waals surface area contributed by atoms with E-state index in [0.29, 0.717) is 6.54 Å². The number of rotatable bonds is 1. The molecule has 0 saturated heterocycles. The molecule has 0 spiro atoms. The molecule has 5 rings (SSSR count). The predicted octanol–water partition coefficient (Wildman–Crippen LogP) is 5.19. The van der Waals surface area contributed by atoms with Crippen LogP contribution in [0.25, 0.3) is 16.5 Å². The summed E-state index contributed by atoms with van der Waals surface area (Å²) in [5.74, 6) is 0.851. The monoisotopic (exact) mass is 326 g/mol. The molecule has 3 heterocycles. The van der Waals surface area contributed by atoms with Crippen molar-refractivity contribution in [1.82, 2.24) is 4.57 Å². The van der Waals surface area contributed by atoms with Gasteiger partial charge in [0, 0.05) is 22.5 Å². The van der Waals surface area contributed by atoms with Gasteiger partial charge in [-0.25, -0.2) is 0 Å². The summed E-state index contributed by atoms with van der Waals surface area (Å²) >= 11 is 0. The fraction of sp³-hybridized carbons (Fsp3) is 0.136. The highest BCUT2D eigenvalue weighted by Crippen LogP contribution is 2.30. The maximum atomic E-state index is 5.98. The number of aryl methyl sites for hydroxylation is 2. The third-order valence-electron chi connectivity index (χ3n) is 5.00. The Bertz CT molecular complexity index is 1140. The van der Waals surface area contributed by atoms with E-state index in [0.717, 1.165) is 27.9 Å². The van der Waals surface area contributed by atoms with E-state index in [4.69, 9.17) is 9.41 Å². The van der Waals surface area contributed by atoms with Crippen molar-refractivity contribution in [1.29, 1.82) is 0 Å². The van der Waals surface area contributed by atoms with Gasteiger partial charge in [-0.1, -0.05) is 29.8 Å². The van der Waals surface area contributed by atoms with Gasteiger partial charge in [0.15, 0.2) is 5.76 Å². The van der Waals surface area contributed by atoms with Gasteiger partial charge in [-0.15, -0.1) is 0 Å². The maximum absolute atomic E-state index is 5.98. The highest BCUT2D eigenvalue weighted by Gasteiger charge is 2.22. The second-order valence-corrected chi connectivity index (χ2v) is 6.66. The first-order valence-electron chi connectivity index (χ1n) is 8.51. The minimum Gasteiger partial charge on any atom is -0.461 e. The van der Waals surface area contributed by atoms with Crippen LogP contribution in [0.4, 0.5) is 0 Å². The van der Waals surface area contributed by atoms with E-state index in [1.54, 1.807) is 0 Å². The molecule has 0 saturated carbocycles. The van der Waals surface area contributed by atoms with Gasteiger partial charge in [0.2, 0.25) is 0 Å². The second kappa shape index (κ2) is 5.21. The average Bonchev–Trinajstić information content (AvgIpc) is 3.21. The zero-order valence-electron chi connectivity index (χ0n) is 14.3. The lowest BCUT2D eigenvalue weighted by Gasteiger charge is -2.11. The van der Waals surface area contributed by atoms with Gasteiger partial charge >= 0.3 is 0 Å². The molecule has 0 radical (unpaired) electrons. The SMILES string of the molecule is Cc1ccc2coc(C3=NCc4c(C)cccc4-n4cccc43)c2c1. The van der Waals surface area contributed by atoms with Crippen LogP contribution in [-0.4, -0.2) is 10.3 Å². The van der Waals surface area contributed by atoms with Crippen LogP contribution >= 0.6 is 0 Å². The topological polar surface area (TPSA) is 30.4 Å². The van der Waals surface area contributed by atoms with Gasteiger partial charge < -0.3 is 8.98 Å². The lowest BCUT2D eigenvalue weighted by molar-refractivity contribution is 0.562. The lowest BCUT2D eigenvalue weighted by atomic mass is 10.1. The van der Waals surface area contributed by atoms with Crippen LogP contribution in [-0.2, 0) is 6.54 Å². The molecule has 25 heavy (non-hydrogen) atoms. The van der Waals surface area contributed by atoms with Crippen molar-refractivity contribution < 1.29 is 4.42 Å². The van der Waals surface area contributed by atoms with Crippen LogP contribution in [0.5, 0.6) is 0 Å². The molecular weight excluding hydrogens is 308 g/mol. The molecule has 0 bridgehead atoms. The van der Waals surface area contributed by atoms with Crippen molar-refractivity contribution in [2.45, 2.75) is 20.4 Å². The number of benzene rings is 2. The third-order valence-corrected chi connectivity index (χ3v) is 5.00. The Kier molecular flexibility index (Phi) is 2.98. The van der Waals surface area contributed by atoms with E-state index in [2.05, 4.69) is 73.1 Å². The van der Waals surface area contributed by atoms with Crippen LogP contribution in [0.3, 0.4) is 0 Å². The van der Waals surface area contributed by atoms with E-state index in [9.17, 15) is 0 Å².